The number of rotatable bonds is 11. The molecule has 2 aromatic rings. The zero-order valence-corrected chi connectivity index (χ0v) is 27.0. The number of nitro benzene ring substituents is 1. The van der Waals surface area contributed by atoms with E-state index in [-0.39, 0.29) is 29.7 Å². The summed E-state index contributed by atoms with van der Waals surface area (Å²) < 4.78 is 0. The number of nitro groups is 1. The molecule has 2 amide bonds. The van der Waals surface area contributed by atoms with Crippen LogP contribution in [0.15, 0.2) is 54.6 Å². The first-order valence-corrected chi connectivity index (χ1v) is 17.3. The first-order chi connectivity index (χ1) is 22.3. The molecule has 2 heterocycles. The van der Waals surface area contributed by atoms with Crippen molar-refractivity contribution >= 4 is 17.7 Å². The number of carbonyl (C=O) groups excluding carboxylic acids is 1. The van der Waals surface area contributed by atoms with Crippen molar-refractivity contribution in [2.75, 3.05) is 32.7 Å². The topological polar surface area (TPSA) is 119 Å². The van der Waals surface area contributed by atoms with E-state index in [2.05, 4.69) is 51.2 Å². The quantitative estimate of drug-likeness (QED) is 0.240. The fraction of sp³-hybridized carbons (Fsp3) is 0.611. The molecule has 10 heteroatoms. The molecule has 2 saturated heterocycles. The van der Waals surface area contributed by atoms with Gasteiger partial charge >= 0.3 is 12.0 Å². The van der Waals surface area contributed by atoms with Crippen molar-refractivity contribution in [2.45, 2.75) is 88.9 Å². The predicted molar refractivity (Wildman–Crippen MR) is 176 cm³/mol. The van der Waals surface area contributed by atoms with Gasteiger partial charge in [-0.25, -0.2) is 4.79 Å². The Bertz CT molecular complexity index is 1340. The summed E-state index contributed by atoms with van der Waals surface area (Å²) in [4.78, 5) is 43.6. The lowest BCUT2D eigenvalue weighted by Crippen LogP contribution is -2.52. The minimum Gasteiger partial charge on any atom is -0.480 e. The van der Waals surface area contributed by atoms with Gasteiger partial charge in [-0.05, 0) is 61.0 Å². The maximum atomic E-state index is 13.5. The van der Waals surface area contributed by atoms with Crippen LogP contribution in [0.3, 0.4) is 0 Å². The smallest absolute Gasteiger partial charge is 0.321 e. The van der Waals surface area contributed by atoms with Gasteiger partial charge in [-0.3, -0.25) is 19.8 Å². The summed E-state index contributed by atoms with van der Waals surface area (Å²) in [5, 5.41) is 24.4. The number of nitrogens with zero attached hydrogens (tertiary/aromatic N) is 4. The van der Waals surface area contributed by atoms with Crippen LogP contribution in [0.5, 0.6) is 0 Å². The van der Waals surface area contributed by atoms with Gasteiger partial charge in [0.25, 0.3) is 5.69 Å². The van der Waals surface area contributed by atoms with E-state index in [9.17, 15) is 24.8 Å². The van der Waals surface area contributed by atoms with Crippen molar-refractivity contribution in [1.29, 1.82) is 0 Å². The van der Waals surface area contributed by atoms with Crippen LogP contribution in [-0.2, 0) is 11.3 Å². The molecule has 10 nitrogen and oxygen atoms in total. The minimum atomic E-state index is -0.665. The van der Waals surface area contributed by atoms with Gasteiger partial charge in [-0.2, -0.15) is 0 Å². The number of carboxylic acids is 1. The molecule has 0 aromatic heterocycles. The van der Waals surface area contributed by atoms with E-state index >= 15 is 0 Å². The maximum Gasteiger partial charge on any atom is 0.321 e. The van der Waals surface area contributed by atoms with E-state index in [0.717, 1.165) is 83.2 Å². The summed E-state index contributed by atoms with van der Waals surface area (Å²) in [5.41, 5.74) is 2.18. The second-order valence-electron chi connectivity index (χ2n) is 14.2. The highest BCUT2D eigenvalue weighted by atomic mass is 16.6. The number of hydrogen-bond donors (Lipinski definition) is 2. The monoisotopic (exact) mass is 631 g/mol. The zero-order chi connectivity index (χ0) is 32.2. The van der Waals surface area contributed by atoms with Crippen molar-refractivity contribution in [2.24, 2.45) is 17.8 Å². The molecule has 0 spiro atoms. The predicted octanol–water partition coefficient (Wildman–Crippen LogP) is 5.73. The van der Waals surface area contributed by atoms with E-state index in [4.69, 9.17) is 0 Å². The van der Waals surface area contributed by atoms with Crippen LogP contribution in [0.25, 0.3) is 0 Å². The number of amides is 2. The maximum absolute atomic E-state index is 13.5. The van der Waals surface area contributed by atoms with Crippen molar-refractivity contribution in [3.63, 3.8) is 0 Å². The van der Waals surface area contributed by atoms with E-state index < -0.39 is 16.9 Å². The number of urea groups is 1. The Labute approximate surface area is 272 Å². The first-order valence-electron chi connectivity index (χ1n) is 17.3. The fourth-order valence-electron chi connectivity index (χ4n) is 8.49. The largest absolute Gasteiger partial charge is 0.480 e. The van der Waals surface area contributed by atoms with Crippen LogP contribution in [0.2, 0.25) is 0 Å². The Morgan fingerprint density at radius 1 is 1.00 bits per heavy atom. The molecule has 4 aliphatic rings. The van der Waals surface area contributed by atoms with Crippen molar-refractivity contribution in [3.05, 3.63) is 75.8 Å². The van der Waals surface area contributed by atoms with Gasteiger partial charge in [-0.15, -0.1) is 0 Å². The van der Waals surface area contributed by atoms with Gasteiger partial charge in [0.1, 0.15) is 6.04 Å². The molecule has 2 aromatic carbocycles. The lowest BCUT2D eigenvalue weighted by atomic mass is 9.83. The number of likely N-dealkylation sites (tertiary alicyclic amines) is 2. The van der Waals surface area contributed by atoms with Gasteiger partial charge in [0.2, 0.25) is 0 Å². The molecule has 248 valence electrons. The third-order valence-corrected chi connectivity index (χ3v) is 11.1. The van der Waals surface area contributed by atoms with Crippen molar-refractivity contribution in [3.8, 4) is 0 Å². The highest BCUT2D eigenvalue weighted by Gasteiger charge is 2.46. The number of non-ortho nitro benzene ring substituents is 1. The van der Waals surface area contributed by atoms with E-state index in [1.165, 1.54) is 24.1 Å². The number of benzene rings is 2. The highest BCUT2D eigenvalue weighted by molar-refractivity contribution is 5.75. The summed E-state index contributed by atoms with van der Waals surface area (Å²) in [6.45, 7) is 6.91. The van der Waals surface area contributed by atoms with Crippen LogP contribution in [0, 0.1) is 27.9 Å². The molecule has 0 bridgehead atoms. The van der Waals surface area contributed by atoms with Crippen molar-refractivity contribution < 1.29 is 19.6 Å². The molecule has 2 unspecified atom stereocenters. The Kier molecular flexibility index (Phi) is 10.2. The Hall–Kier alpha value is -3.50. The standard InChI is InChI=1S/C36H49N5O5/c1-25-20-33(25)40(36(44)37-21-26-12-14-31(15-13-26)41(45)46)30-16-18-38(19-17-30)22-29-23-39(24-32(29)27-8-4-2-5-9-27)34(35(42)43)28-10-6-3-7-11-28/h2,4-5,8-9,12-15,25,28-30,32-34H,3,6-7,10-11,16-24H2,1H3,(H,37,44)(H,42,43)/t25?,29-,32+,33?,34+/m0/s1. The van der Waals surface area contributed by atoms with Crippen LogP contribution in [-0.4, -0.2) is 87.6 Å². The first kappa shape index (κ1) is 32.4. The number of hydrogen-bond acceptors (Lipinski definition) is 6. The molecule has 0 radical (unpaired) electrons. The SMILES string of the molecule is CC1CC1N(C(=O)NCc1ccc([N+](=O)[O-])cc1)C1CCN(C[C@H]2CN([C@@H](C(=O)O)C3CCCCC3)C[C@@H]2c2ccccc2)CC1. The van der Waals surface area contributed by atoms with Crippen LogP contribution in [0.4, 0.5) is 10.5 Å². The minimum absolute atomic E-state index is 0.0431. The number of piperidine rings is 1. The Morgan fingerprint density at radius 2 is 1.67 bits per heavy atom. The molecule has 2 saturated carbocycles. The molecule has 2 aliphatic carbocycles. The van der Waals surface area contributed by atoms with E-state index in [1.54, 1.807) is 12.1 Å². The lowest BCUT2D eigenvalue weighted by molar-refractivity contribution is -0.384. The molecule has 2 N–H and O–H groups in total. The molecule has 4 fully saturated rings. The normalized spacial score (nSPS) is 26.8. The Morgan fingerprint density at radius 3 is 2.28 bits per heavy atom. The molecule has 46 heavy (non-hydrogen) atoms. The van der Waals surface area contributed by atoms with Gasteiger partial charge in [0.05, 0.1) is 4.92 Å². The second-order valence-corrected chi connectivity index (χ2v) is 14.2. The van der Waals surface area contributed by atoms with Gasteiger partial charge in [0.15, 0.2) is 0 Å². The highest BCUT2D eigenvalue weighted by Crippen LogP contribution is 2.40. The zero-order valence-electron chi connectivity index (χ0n) is 27.0. The summed E-state index contributed by atoms with van der Waals surface area (Å²) in [5.74, 6) is 0.721. The van der Waals surface area contributed by atoms with Crippen LogP contribution >= 0.6 is 0 Å². The van der Waals surface area contributed by atoms with Crippen LogP contribution in [0.1, 0.15) is 75.3 Å². The summed E-state index contributed by atoms with van der Waals surface area (Å²) in [7, 11) is 0. The second kappa shape index (κ2) is 14.5. The Balaban J connectivity index is 1.08. The van der Waals surface area contributed by atoms with Gasteiger partial charge < -0.3 is 20.2 Å². The van der Waals surface area contributed by atoms with E-state index in [0.29, 0.717) is 24.3 Å². The van der Waals surface area contributed by atoms with Crippen LogP contribution < -0.4 is 5.32 Å². The average molecular weight is 632 g/mol. The average Bonchev–Trinajstić information content (AvgIpc) is 3.64. The molecule has 5 atom stereocenters. The molecular formula is C36H49N5O5. The third kappa shape index (κ3) is 7.55. The molecular weight excluding hydrogens is 582 g/mol. The number of carbonyl (C=O) groups is 2. The summed E-state index contributed by atoms with van der Waals surface area (Å²) in [6.07, 6.45) is 8.36. The lowest BCUT2D eigenvalue weighted by Gasteiger charge is -2.40. The summed E-state index contributed by atoms with van der Waals surface area (Å²) in [6, 6.07) is 17.0. The van der Waals surface area contributed by atoms with Gasteiger partial charge in [0, 0.05) is 69.4 Å². The summed E-state index contributed by atoms with van der Waals surface area (Å²) >= 11 is 0. The fourth-order valence-corrected chi connectivity index (χ4v) is 8.49. The number of carboxylic acid groups (broad SMARTS) is 1. The van der Waals surface area contributed by atoms with Crippen molar-refractivity contribution in [1.82, 2.24) is 20.0 Å². The third-order valence-electron chi connectivity index (χ3n) is 11.1. The van der Waals surface area contributed by atoms with Gasteiger partial charge in [-0.1, -0.05) is 68.7 Å². The number of aliphatic carboxylic acids is 1. The molecule has 2 aliphatic heterocycles. The van der Waals surface area contributed by atoms with E-state index in [1.807, 2.05) is 6.07 Å². The molecule has 6 rings (SSSR count). The number of nitrogens with one attached hydrogen (secondary N) is 1.